The smallest absolute Gasteiger partial charge is 0.410 e. The number of aromatic amines is 1. The van der Waals surface area contributed by atoms with E-state index in [0.29, 0.717) is 24.6 Å². The van der Waals surface area contributed by atoms with Crippen LogP contribution in [-0.2, 0) is 11.2 Å². The first kappa shape index (κ1) is 25.6. The van der Waals surface area contributed by atoms with Gasteiger partial charge >= 0.3 is 6.09 Å². The molecule has 6 heteroatoms. The van der Waals surface area contributed by atoms with Crippen LogP contribution in [0.2, 0.25) is 0 Å². The molecule has 1 N–H and O–H groups in total. The highest BCUT2D eigenvalue weighted by Gasteiger charge is 2.29. The number of anilines is 2. The molecule has 1 amide bonds. The number of H-pyrrole nitrogens is 1. The molecule has 0 spiro atoms. The van der Waals surface area contributed by atoms with Crippen LogP contribution in [0.5, 0.6) is 0 Å². The average molecular weight is 487 g/mol. The quantitative estimate of drug-likeness (QED) is 0.412. The topological polar surface area (TPSA) is 72.4 Å². The van der Waals surface area contributed by atoms with Gasteiger partial charge in [-0.2, -0.15) is 5.26 Å². The first-order valence-electron chi connectivity index (χ1n) is 13.0. The number of nitriles is 1. The number of nitrogens with one attached hydrogen (secondary N) is 1. The number of carbonyl (C=O) groups excluding carboxylic acids is 1. The van der Waals surface area contributed by atoms with Crippen LogP contribution in [0.3, 0.4) is 0 Å². The normalized spacial score (nSPS) is 14.8. The zero-order valence-electron chi connectivity index (χ0n) is 22.4. The fourth-order valence-corrected chi connectivity index (χ4v) is 5.16. The van der Waals surface area contributed by atoms with Gasteiger partial charge in [-0.15, -0.1) is 0 Å². The summed E-state index contributed by atoms with van der Waals surface area (Å²) in [4.78, 5) is 20.2. The van der Waals surface area contributed by atoms with Gasteiger partial charge in [0.15, 0.2) is 0 Å². The lowest BCUT2D eigenvalue weighted by Gasteiger charge is -2.35. The van der Waals surface area contributed by atoms with Crippen molar-refractivity contribution in [1.29, 1.82) is 5.26 Å². The highest BCUT2D eigenvalue weighted by Crippen LogP contribution is 2.37. The Morgan fingerprint density at radius 2 is 1.89 bits per heavy atom. The number of fused-ring (bicyclic) bond motifs is 1. The summed E-state index contributed by atoms with van der Waals surface area (Å²) in [6, 6.07) is 17.2. The van der Waals surface area contributed by atoms with Crippen molar-refractivity contribution < 1.29 is 9.53 Å². The number of hydrogen-bond acceptors (Lipinski definition) is 4. The number of piperidine rings is 1. The Labute approximate surface area is 214 Å². The van der Waals surface area contributed by atoms with Crippen LogP contribution in [0.4, 0.5) is 16.3 Å². The fourth-order valence-electron chi connectivity index (χ4n) is 5.16. The highest BCUT2D eigenvalue weighted by atomic mass is 16.6. The van der Waals surface area contributed by atoms with Crippen LogP contribution in [0.1, 0.15) is 77.0 Å². The van der Waals surface area contributed by atoms with Gasteiger partial charge < -0.3 is 19.5 Å². The summed E-state index contributed by atoms with van der Waals surface area (Å²) in [6.07, 6.45) is 2.63. The van der Waals surface area contributed by atoms with E-state index in [4.69, 9.17) is 4.74 Å². The molecular weight excluding hydrogens is 448 g/mol. The molecule has 6 nitrogen and oxygen atoms in total. The fraction of sp³-hybridized carbons (Fsp3) is 0.467. The summed E-state index contributed by atoms with van der Waals surface area (Å²) < 4.78 is 5.59. The molecule has 0 unspecified atom stereocenters. The number of rotatable bonds is 5. The van der Waals surface area contributed by atoms with Gasteiger partial charge in [-0.1, -0.05) is 19.1 Å². The Morgan fingerprint density at radius 3 is 2.50 bits per heavy atom. The summed E-state index contributed by atoms with van der Waals surface area (Å²) in [5.74, 6) is 1.43. The number of amides is 1. The molecule has 1 fully saturated rings. The van der Waals surface area contributed by atoms with Crippen LogP contribution in [-0.4, -0.2) is 40.7 Å². The maximum atomic E-state index is 12.5. The lowest BCUT2D eigenvalue weighted by atomic mass is 9.85. The van der Waals surface area contributed by atoms with E-state index in [1.807, 2.05) is 43.9 Å². The van der Waals surface area contributed by atoms with E-state index in [9.17, 15) is 10.1 Å². The van der Waals surface area contributed by atoms with Gasteiger partial charge in [-0.05, 0) is 101 Å². The largest absolute Gasteiger partial charge is 0.444 e. The van der Waals surface area contributed by atoms with Gasteiger partial charge in [0.2, 0.25) is 0 Å². The first-order chi connectivity index (χ1) is 17.1. The Hall–Kier alpha value is -3.46. The molecule has 0 saturated carbocycles. The number of aryl methyl sites for hydroxylation is 1. The van der Waals surface area contributed by atoms with Gasteiger partial charge in [0.05, 0.1) is 11.6 Å². The van der Waals surface area contributed by atoms with E-state index in [2.05, 4.69) is 61.0 Å². The van der Waals surface area contributed by atoms with Crippen molar-refractivity contribution in [2.45, 2.75) is 78.4 Å². The maximum Gasteiger partial charge on any atom is 0.410 e. The van der Waals surface area contributed by atoms with Crippen molar-refractivity contribution >= 4 is 28.5 Å². The van der Waals surface area contributed by atoms with E-state index in [-0.39, 0.29) is 12.1 Å². The number of ether oxygens (including phenoxy) is 1. The number of aromatic nitrogens is 1. The van der Waals surface area contributed by atoms with E-state index in [1.165, 1.54) is 11.1 Å². The third-order valence-electron chi connectivity index (χ3n) is 6.89. The second-order valence-electron chi connectivity index (χ2n) is 11.0. The molecule has 1 saturated heterocycles. The van der Waals surface area contributed by atoms with Crippen LogP contribution >= 0.6 is 0 Å². The molecule has 2 aromatic carbocycles. The third-order valence-corrected chi connectivity index (χ3v) is 6.89. The van der Waals surface area contributed by atoms with Crippen molar-refractivity contribution in [2.75, 3.05) is 18.0 Å². The SMILES string of the molecule is CCc1ccc(N(c2cc3ccc(C#N)cc3[nH]2)C(C)C)cc1C1CCN(C(=O)OC(C)(C)C)CC1. The van der Waals surface area contributed by atoms with E-state index < -0.39 is 5.60 Å². The Morgan fingerprint density at radius 1 is 1.17 bits per heavy atom. The summed E-state index contributed by atoms with van der Waals surface area (Å²) in [7, 11) is 0. The minimum Gasteiger partial charge on any atom is -0.444 e. The molecule has 1 aliphatic heterocycles. The second kappa shape index (κ2) is 10.3. The molecule has 0 bridgehead atoms. The minimum atomic E-state index is -0.475. The summed E-state index contributed by atoms with van der Waals surface area (Å²) in [5, 5.41) is 10.4. The lowest BCUT2D eigenvalue weighted by Crippen LogP contribution is -2.41. The standard InChI is InChI=1S/C30H38N4O2/c1-7-22-10-11-25(18-26(22)23-12-14-33(15-13-23)29(35)36-30(4,5)6)34(20(2)3)28-17-24-9-8-21(19-31)16-27(24)32-28/h8-11,16-18,20,23,32H,7,12-15H2,1-6H3. The van der Waals surface area contributed by atoms with Crippen molar-refractivity contribution in [3.63, 3.8) is 0 Å². The third kappa shape index (κ3) is 5.51. The van der Waals surface area contributed by atoms with Gasteiger partial charge in [0, 0.05) is 35.7 Å². The Bertz CT molecular complexity index is 1270. The lowest BCUT2D eigenvalue weighted by molar-refractivity contribution is 0.0204. The molecule has 36 heavy (non-hydrogen) atoms. The molecule has 0 radical (unpaired) electrons. The number of likely N-dealkylation sites (tertiary alicyclic amines) is 1. The van der Waals surface area contributed by atoms with Crippen molar-refractivity contribution in [3.05, 3.63) is 59.2 Å². The van der Waals surface area contributed by atoms with Crippen molar-refractivity contribution in [1.82, 2.24) is 9.88 Å². The molecule has 0 aliphatic carbocycles. The van der Waals surface area contributed by atoms with Crippen LogP contribution in [0.15, 0.2) is 42.5 Å². The van der Waals surface area contributed by atoms with Crippen molar-refractivity contribution in [2.24, 2.45) is 0 Å². The zero-order chi connectivity index (χ0) is 26.0. The molecule has 4 rings (SSSR count). The summed E-state index contributed by atoms with van der Waals surface area (Å²) in [6.45, 7) is 13.7. The van der Waals surface area contributed by atoms with E-state index >= 15 is 0 Å². The molecule has 1 aliphatic rings. The Kier molecular flexibility index (Phi) is 7.31. The number of benzene rings is 2. The summed E-state index contributed by atoms with van der Waals surface area (Å²) in [5.41, 5.74) is 5.05. The van der Waals surface area contributed by atoms with E-state index in [1.54, 1.807) is 0 Å². The zero-order valence-corrected chi connectivity index (χ0v) is 22.4. The predicted octanol–water partition coefficient (Wildman–Crippen LogP) is 7.26. The van der Waals surface area contributed by atoms with Gasteiger partial charge in [-0.25, -0.2) is 4.79 Å². The van der Waals surface area contributed by atoms with E-state index in [0.717, 1.165) is 41.7 Å². The summed E-state index contributed by atoms with van der Waals surface area (Å²) >= 11 is 0. The van der Waals surface area contributed by atoms with Gasteiger partial charge in [-0.3, -0.25) is 0 Å². The van der Waals surface area contributed by atoms with Crippen LogP contribution in [0.25, 0.3) is 10.9 Å². The maximum absolute atomic E-state index is 12.5. The van der Waals surface area contributed by atoms with Gasteiger partial charge in [0.25, 0.3) is 0 Å². The number of hydrogen-bond donors (Lipinski definition) is 1. The average Bonchev–Trinajstić information content (AvgIpc) is 3.25. The second-order valence-corrected chi connectivity index (χ2v) is 11.0. The minimum absolute atomic E-state index is 0.213. The predicted molar refractivity (Wildman–Crippen MR) is 146 cm³/mol. The molecule has 1 aromatic heterocycles. The molecule has 0 atom stereocenters. The molecular formula is C30H38N4O2. The first-order valence-corrected chi connectivity index (χ1v) is 13.0. The van der Waals surface area contributed by atoms with Crippen LogP contribution in [0, 0.1) is 11.3 Å². The molecule has 3 aromatic rings. The molecule has 2 heterocycles. The number of carbonyl (C=O) groups is 1. The van der Waals surface area contributed by atoms with Crippen molar-refractivity contribution in [3.8, 4) is 6.07 Å². The number of nitrogens with zero attached hydrogens (tertiary/aromatic N) is 3. The highest BCUT2D eigenvalue weighted by molar-refractivity contribution is 5.86. The monoisotopic (exact) mass is 486 g/mol. The molecule has 190 valence electrons. The Balaban J connectivity index is 1.60. The van der Waals surface area contributed by atoms with Crippen LogP contribution < -0.4 is 4.90 Å². The van der Waals surface area contributed by atoms with Gasteiger partial charge in [0.1, 0.15) is 11.4 Å².